The Labute approximate surface area is 118 Å². The van der Waals surface area contributed by atoms with Gasteiger partial charge < -0.3 is 24.8 Å². The van der Waals surface area contributed by atoms with Crippen molar-refractivity contribution in [3.8, 4) is 17.2 Å². The van der Waals surface area contributed by atoms with Crippen LogP contribution in [0.25, 0.3) is 0 Å². The van der Waals surface area contributed by atoms with E-state index in [1.54, 1.807) is 6.07 Å². The number of benzene rings is 1. The molecule has 20 heavy (non-hydrogen) atoms. The van der Waals surface area contributed by atoms with Gasteiger partial charge in [0.15, 0.2) is 11.5 Å². The Kier molecular flexibility index (Phi) is 5.03. The molecule has 0 aliphatic carbocycles. The third-order valence-electron chi connectivity index (χ3n) is 3.57. The molecule has 1 aromatic rings. The first-order valence-electron chi connectivity index (χ1n) is 6.72. The fourth-order valence-corrected chi connectivity index (χ4v) is 2.39. The Bertz CT molecular complexity index is 462. The van der Waals surface area contributed by atoms with Crippen molar-refractivity contribution < 1.29 is 19.0 Å². The lowest BCUT2D eigenvalue weighted by molar-refractivity contribution is 0.242. The molecule has 0 spiro atoms. The first-order chi connectivity index (χ1) is 9.67. The first kappa shape index (κ1) is 14.9. The van der Waals surface area contributed by atoms with Crippen LogP contribution in [0.1, 0.15) is 5.56 Å². The normalized spacial score (nSPS) is 16.1. The first-order valence-corrected chi connectivity index (χ1v) is 6.72. The molecule has 0 radical (unpaired) electrons. The van der Waals surface area contributed by atoms with Crippen molar-refractivity contribution in [2.45, 2.75) is 6.42 Å². The van der Waals surface area contributed by atoms with Gasteiger partial charge in [-0.2, -0.15) is 4.39 Å². The number of hydrogen-bond donors (Lipinski definition) is 2. The summed E-state index contributed by atoms with van der Waals surface area (Å²) in [5.41, 5.74) is 0.540. The lowest BCUT2D eigenvalue weighted by Crippen LogP contribution is -2.44. The van der Waals surface area contributed by atoms with E-state index >= 15 is 0 Å². The van der Waals surface area contributed by atoms with Crippen LogP contribution >= 0.6 is 0 Å². The predicted octanol–water partition coefficient (Wildman–Crippen LogP) is 0.996. The molecule has 0 amide bonds. The second-order valence-corrected chi connectivity index (χ2v) is 4.78. The summed E-state index contributed by atoms with van der Waals surface area (Å²) in [5.74, 6) is -0.867. The van der Waals surface area contributed by atoms with E-state index in [1.165, 1.54) is 14.2 Å². The van der Waals surface area contributed by atoms with Gasteiger partial charge in [0.1, 0.15) is 0 Å². The van der Waals surface area contributed by atoms with E-state index < -0.39 is 5.82 Å². The zero-order valence-electron chi connectivity index (χ0n) is 11.9. The number of aromatic hydroxyl groups is 1. The van der Waals surface area contributed by atoms with Crippen molar-refractivity contribution in [3.05, 3.63) is 17.4 Å². The summed E-state index contributed by atoms with van der Waals surface area (Å²) in [4.78, 5) is 2.28. The molecule has 5 nitrogen and oxygen atoms in total. The molecule has 1 saturated heterocycles. The monoisotopic (exact) mass is 284 g/mol. The van der Waals surface area contributed by atoms with Crippen molar-refractivity contribution in [3.63, 3.8) is 0 Å². The summed E-state index contributed by atoms with van der Waals surface area (Å²) >= 11 is 0. The highest BCUT2D eigenvalue weighted by molar-refractivity contribution is 5.51. The average Bonchev–Trinajstić information content (AvgIpc) is 2.49. The number of nitrogens with zero attached hydrogens (tertiary/aromatic N) is 1. The standard InChI is InChI=1S/C14H21FN2O3/c1-19-11-9-10(13(18)12(15)14(11)20-2)3-6-17-7-4-16-5-8-17/h9,16,18H,3-8H2,1-2H3. The number of nitrogens with one attached hydrogen (secondary N) is 1. The topological polar surface area (TPSA) is 54.0 Å². The molecule has 0 bridgehead atoms. The lowest BCUT2D eigenvalue weighted by atomic mass is 10.1. The number of phenolic OH excluding ortho intramolecular Hbond substituents is 1. The summed E-state index contributed by atoms with van der Waals surface area (Å²) in [6.07, 6.45) is 0.573. The van der Waals surface area contributed by atoms with Gasteiger partial charge in [-0.15, -0.1) is 0 Å². The zero-order valence-corrected chi connectivity index (χ0v) is 11.9. The minimum Gasteiger partial charge on any atom is -0.505 e. The van der Waals surface area contributed by atoms with E-state index in [1.807, 2.05) is 0 Å². The van der Waals surface area contributed by atoms with Crippen LogP contribution in [-0.2, 0) is 6.42 Å². The number of phenols is 1. The van der Waals surface area contributed by atoms with E-state index in [4.69, 9.17) is 9.47 Å². The maximum absolute atomic E-state index is 14.0. The average molecular weight is 284 g/mol. The van der Waals surface area contributed by atoms with Crippen LogP contribution in [0.15, 0.2) is 6.07 Å². The van der Waals surface area contributed by atoms with E-state index in [0.717, 1.165) is 32.7 Å². The molecule has 1 aromatic carbocycles. The summed E-state index contributed by atoms with van der Waals surface area (Å²) in [6.45, 7) is 4.65. The molecule has 2 rings (SSSR count). The maximum Gasteiger partial charge on any atom is 0.210 e. The Balaban J connectivity index is 2.12. The lowest BCUT2D eigenvalue weighted by Gasteiger charge is -2.27. The Morgan fingerprint density at radius 1 is 1.30 bits per heavy atom. The smallest absolute Gasteiger partial charge is 0.210 e. The van der Waals surface area contributed by atoms with Gasteiger partial charge in [0.05, 0.1) is 14.2 Å². The fraction of sp³-hybridized carbons (Fsp3) is 0.571. The van der Waals surface area contributed by atoms with Crippen molar-refractivity contribution in [1.82, 2.24) is 10.2 Å². The van der Waals surface area contributed by atoms with Gasteiger partial charge >= 0.3 is 0 Å². The molecule has 0 aromatic heterocycles. The molecule has 1 aliphatic rings. The molecule has 1 aliphatic heterocycles. The van der Waals surface area contributed by atoms with Crippen LogP contribution in [0.2, 0.25) is 0 Å². The molecule has 0 unspecified atom stereocenters. The van der Waals surface area contributed by atoms with Gasteiger partial charge in [-0.05, 0) is 12.5 Å². The molecule has 2 N–H and O–H groups in total. The van der Waals surface area contributed by atoms with Crippen LogP contribution in [0, 0.1) is 5.82 Å². The molecule has 1 heterocycles. The van der Waals surface area contributed by atoms with Crippen molar-refractivity contribution in [2.75, 3.05) is 46.9 Å². The minimum absolute atomic E-state index is 0.0593. The highest BCUT2D eigenvalue weighted by Gasteiger charge is 2.20. The number of methoxy groups -OCH3 is 2. The van der Waals surface area contributed by atoms with E-state index in [0.29, 0.717) is 17.7 Å². The Hall–Kier alpha value is -1.53. The molecular formula is C14H21FN2O3. The predicted molar refractivity (Wildman–Crippen MR) is 74.2 cm³/mol. The van der Waals surface area contributed by atoms with Gasteiger partial charge in [-0.25, -0.2) is 0 Å². The van der Waals surface area contributed by atoms with Crippen LogP contribution in [0.5, 0.6) is 17.2 Å². The summed E-state index contributed by atoms with van der Waals surface area (Å²) < 4.78 is 24.0. The van der Waals surface area contributed by atoms with Crippen LogP contribution in [0.4, 0.5) is 4.39 Å². The second-order valence-electron chi connectivity index (χ2n) is 4.78. The quantitative estimate of drug-likeness (QED) is 0.845. The molecule has 0 saturated carbocycles. The van der Waals surface area contributed by atoms with Crippen molar-refractivity contribution in [1.29, 1.82) is 0 Å². The highest BCUT2D eigenvalue weighted by atomic mass is 19.1. The fourth-order valence-electron chi connectivity index (χ4n) is 2.39. The van der Waals surface area contributed by atoms with Gasteiger partial charge in [-0.1, -0.05) is 0 Å². The molecule has 6 heteroatoms. The number of rotatable bonds is 5. The van der Waals surface area contributed by atoms with Crippen LogP contribution in [0.3, 0.4) is 0 Å². The van der Waals surface area contributed by atoms with E-state index in [2.05, 4.69) is 10.2 Å². The second kappa shape index (κ2) is 6.76. The Morgan fingerprint density at radius 3 is 2.60 bits per heavy atom. The molecule has 0 atom stereocenters. The van der Waals surface area contributed by atoms with Crippen molar-refractivity contribution >= 4 is 0 Å². The third kappa shape index (κ3) is 3.13. The summed E-state index contributed by atoms with van der Waals surface area (Å²) in [7, 11) is 2.80. The van der Waals surface area contributed by atoms with Gasteiger partial charge in [0.2, 0.25) is 11.6 Å². The van der Waals surface area contributed by atoms with E-state index in [9.17, 15) is 9.50 Å². The van der Waals surface area contributed by atoms with Gasteiger partial charge in [-0.3, -0.25) is 0 Å². The molecule has 112 valence electrons. The van der Waals surface area contributed by atoms with Crippen LogP contribution in [-0.4, -0.2) is 56.9 Å². The van der Waals surface area contributed by atoms with Crippen molar-refractivity contribution in [2.24, 2.45) is 0 Å². The van der Waals surface area contributed by atoms with Gasteiger partial charge in [0, 0.05) is 38.3 Å². The number of piperazine rings is 1. The largest absolute Gasteiger partial charge is 0.505 e. The number of hydrogen-bond acceptors (Lipinski definition) is 5. The highest BCUT2D eigenvalue weighted by Crippen LogP contribution is 2.38. The zero-order chi connectivity index (χ0) is 14.5. The number of ether oxygens (including phenoxy) is 2. The maximum atomic E-state index is 14.0. The van der Waals surface area contributed by atoms with Gasteiger partial charge in [0.25, 0.3) is 0 Å². The summed E-state index contributed by atoms with van der Waals surface area (Å²) in [5, 5.41) is 13.2. The third-order valence-corrected chi connectivity index (χ3v) is 3.57. The summed E-state index contributed by atoms with van der Waals surface area (Å²) in [6, 6.07) is 1.64. The minimum atomic E-state index is -0.762. The SMILES string of the molecule is COc1cc(CCN2CCNCC2)c(O)c(F)c1OC. The molecule has 1 fully saturated rings. The number of halogens is 1. The Morgan fingerprint density at radius 2 is 2.00 bits per heavy atom. The molecular weight excluding hydrogens is 263 g/mol. The van der Waals surface area contributed by atoms with Crippen LogP contribution < -0.4 is 14.8 Å². The van der Waals surface area contributed by atoms with E-state index in [-0.39, 0.29) is 11.5 Å².